The van der Waals surface area contributed by atoms with Crippen LogP contribution in [0.25, 0.3) is 11.3 Å². The molecule has 1 N–H and O–H groups in total. The Bertz CT molecular complexity index is 1320. The van der Waals surface area contributed by atoms with Gasteiger partial charge in [0.15, 0.2) is 6.04 Å². The van der Waals surface area contributed by atoms with E-state index in [4.69, 9.17) is 4.98 Å². The van der Waals surface area contributed by atoms with Crippen LogP contribution in [0.15, 0.2) is 90.2 Å². The summed E-state index contributed by atoms with van der Waals surface area (Å²) >= 11 is 0. The van der Waals surface area contributed by atoms with Gasteiger partial charge in [-0.3, -0.25) is 5.32 Å². The molecule has 3 aromatic carbocycles. The van der Waals surface area contributed by atoms with Crippen molar-refractivity contribution < 1.29 is 13.8 Å². The number of benzene rings is 3. The lowest BCUT2D eigenvalue weighted by Gasteiger charge is -2.07. The quantitative estimate of drug-likeness (QED) is 0.345. The molecule has 0 radical (unpaired) electrons. The molecule has 0 amide bonds. The molecular formula is C26H20FN4O2+. The SMILES string of the molecule is O=Nc1ccc(-c2c[n+]3c(c(Cc4ccccc4)n2)NC(Cc2ccc(F)cc2)C3=O)cc1. The molecule has 0 bridgehead atoms. The second-order valence-corrected chi connectivity index (χ2v) is 7.96. The minimum absolute atomic E-state index is 0.0986. The monoisotopic (exact) mass is 439 g/mol. The van der Waals surface area contributed by atoms with Crippen LogP contribution < -0.4 is 9.88 Å². The zero-order valence-corrected chi connectivity index (χ0v) is 17.6. The van der Waals surface area contributed by atoms with E-state index in [1.807, 2.05) is 30.3 Å². The van der Waals surface area contributed by atoms with Gasteiger partial charge in [-0.1, -0.05) is 54.6 Å². The number of hydrogen-bond donors (Lipinski definition) is 1. The molecular weight excluding hydrogens is 419 g/mol. The van der Waals surface area contributed by atoms with E-state index < -0.39 is 6.04 Å². The summed E-state index contributed by atoms with van der Waals surface area (Å²) in [6, 6.07) is 22.4. The maximum atomic E-state index is 13.3. The topological polar surface area (TPSA) is 75.3 Å². The fourth-order valence-corrected chi connectivity index (χ4v) is 4.01. The summed E-state index contributed by atoms with van der Waals surface area (Å²) in [4.78, 5) is 28.9. The van der Waals surface area contributed by atoms with Crippen molar-refractivity contribution in [3.8, 4) is 11.3 Å². The maximum absolute atomic E-state index is 13.3. The number of nitrogens with zero attached hydrogens (tertiary/aromatic N) is 3. The highest BCUT2D eigenvalue weighted by molar-refractivity contribution is 5.82. The Balaban J connectivity index is 1.53. The molecule has 0 spiro atoms. The number of nitrogens with one attached hydrogen (secondary N) is 1. The number of aromatic nitrogens is 2. The number of carbonyl (C=O) groups excluding carboxylic acids is 1. The van der Waals surface area contributed by atoms with Crippen molar-refractivity contribution in [1.82, 2.24) is 4.98 Å². The zero-order chi connectivity index (χ0) is 22.8. The first-order valence-corrected chi connectivity index (χ1v) is 10.6. The highest BCUT2D eigenvalue weighted by atomic mass is 19.1. The van der Waals surface area contributed by atoms with Crippen LogP contribution in [-0.2, 0) is 12.8 Å². The minimum Gasteiger partial charge on any atom is -0.258 e. The van der Waals surface area contributed by atoms with Crippen molar-refractivity contribution in [3.63, 3.8) is 0 Å². The van der Waals surface area contributed by atoms with Crippen LogP contribution in [-0.4, -0.2) is 16.9 Å². The summed E-state index contributed by atoms with van der Waals surface area (Å²) < 4.78 is 14.9. The molecule has 0 fully saturated rings. The van der Waals surface area contributed by atoms with E-state index in [9.17, 15) is 14.1 Å². The predicted octanol–water partition coefficient (Wildman–Crippen LogP) is 4.84. The Kier molecular flexibility index (Phi) is 5.44. The number of nitroso groups, excluding NO2 is 1. The second-order valence-electron chi connectivity index (χ2n) is 7.96. The van der Waals surface area contributed by atoms with Crippen molar-refractivity contribution in [3.05, 3.63) is 113 Å². The molecule has 5 rings (SSSR count). The second kappa shape index (κ2) is 8.70. The van der Waals surface area contributed by atoms with Crippen LogP contribution >= 0.6 is 0 Å². The van der Waals surface area contributed by atoms with E-state index in [0.29, 0.717) is 30.0 Å². The molecule has 162 valence electrons. The highest BCUT2D eigenvalue weighted by Gasteiger charge is 2.41. The van der Waals surface area contributed by atoms with Crippen LogP contribution in [0.3, 0.4) is 0 Å². The fraction of sp³-hybridized carbons (Fsp3) is 0.115. The fourth-order valence-electron chi connectivity index (χ4n) is 4.01. The number of fused-ring (bicyclic) bond motifs is 1. The van der Waals surface area contributed by atoms with E-state index in [0.717, 1.165) is 22.4 Å². The zero-order valence-electron chi connectivity index (χ0n) is 17.6. The third kappa shape index (κ3) is 4.25. The van der Waals surface area contributed by atoms with E-state index in [-0.39, 0.29) is 11.7 Å². The van der Waals surface area contributed by atoms with Crippen LogP contribution in [0.5, 0.6) is 0 Å². The number of rotatable bonds is 6. The Morgan fingerprint density at radius 3 is 2.36 bits per heavy atom. The molecule has 1 unspecified atom stereocenters. The van der Waals surface area contributed by atoms with Gasteiger partial charge in [-0.25, -0.2) is 14.2 Å². The third-order valence-corrected chi connectivity index (χ3v) is 5.70. The molecule has 1 aliphatic heterocycles. The first-order chi connectivity index (χ1) is 16.1. The molecule has 1 aliphatic rings. The average Bonchev–Trinajstić information content (AvgIpc) is 3.17. The molecule has 1 aromatic heterocycles. The summed E-state index contributed by atoms with van der Waals surface area (Å²) in [7, 11) is 0. The lowest BCUT2D eigenvalue weighted by Crippen LogP contribution is -2.44. The summed E-state index contributed by atoms with van der Waals surface area (Å²) in [5.74, 6) is 0.251. The lowest BCUT2D eigenvalue weighted by atomic mass is 10.1. The van der Waals surface area contributed by atoms with Gasteiger partial charge in [0.1, 0.15) is 29.1 Å². The first-order valence-electron chi connectivity index (χ1n) is 10.6. The van der Waals surface area contributed by atoms with Gasteiger partial charge in [-0.2, -0.15) is 4.57 Å². The van der Waals surface area contributed by atoms with Gasteiger partial charge in [0, 0.05) is 18.4 Å². The number of carbonyl (C=O) groups is 1. The minimum atomic E-state index is -0.483. The Morgan fingerprint density at radius 2 is 1.67 bits per heavy atom. The van der Waals surface area contributed by atoms with Crippen molar-refractivity contribution >= 4 is 17.4 Å². The molecule has 2 heterocycles. The Hall–Kier alpha value is -4.26. The number of anilines is 1. The molecule has 6 nitrogen and oxygen atoms in total. The highest BCUT2D eigenvalue weighted by Crippen LogP contribution is 2.26. The van der Waals surface area contributed by atoms with Crippen LogP contribution in [0.1, 0.15) is 21.6 Å². The molecule has 1 atom stereocenters. The predicted molar refractivity (Wildman–Crippen MR) is 123 cm³/mol. The average molecular weight is 439 g/mol. The van der Waals surface area contributed by atoms with Crippen molar-refractivity contribution in [1.29, 1.82) is 0 Å². The molecule has 0 saturated heterocycles. The molecule has 7 heteroatoms. The molecule has 33 heavy (non-hydrogen) atoms. The van der Waals surface area contributed by atoms with Gasteiger partial charge in [-0.05, 0) is 40.6 Å². The normalized spacial score (nSPS) is 14.6. The summed E-state index contributed by atoms with van der Waals surface area (Å²) in [5.41, 5.74) is 4.41. The number of hydrogen-bond acceptors (Lipinski definition) is 5. The van der Waals surface area contributed by atoms with E-state index in [1.165, 1.54) is 12.1 Å². The molecule has 0 aliphatic carbocycles. The summed E-state index contributed by atoms with van der Waals surface area (Å²) in [6.45, 7) is 0. The third-order valence-electron chi connectivity index (χ3n) is 5.70. The lowest BCUT2D eigenvalue weighted by molar-refractivity contribution is -0.552. The largest absolute Gasteiger partial charge is 0.359 e. The van der Waals surface area contributed by atoms with E-state index in [1.54, 1.807) is 47.2 Å². The summed E-state index contributed by atoms with van der Waals surface area (Å²) in [5, 5.41) is 6.27. The standard InChI is InChI=1S/C26H19FN4O2/c27-20-10-6-18(7-11-20)15-23-26(32)31-16-24(19-8-12-21(30-33)13-9-19)28-22(25(31)29-23)14-17-4-2-1-3-5-17/h1-13,16,23H,14-15H2/p+1. The van der Waals surface area contributed by atoms with Gasteiger partial charge in [0.05, 0.1) is 0 Å². The molecule has 4 aromatic rings. The van der Waals surface area contributed by atoms with Gasteiger partial charge >= 0.3 is 11.7 Å². The van der Waals surface area contributed by atoms with Gasteiger partial charge < -0.3 is 0 Å². The number of halogens is 1. The van der Waals surface area contributed by atoms with Crippen LogP contribution in [0, 0.1) is 10.7 Å². The molecule has 0 saturated carbocycles. The van der Waals surface area contributed by atoms with Gasteiger partial charge in [-0.15, -0.1) is 4.91 Å². The van der Waals surface area contributed by atoms with Crippen molar-refractivity contribution in [2.45, 2.75) is 18.9 Å². The van der Waals surface area contributed by atoms with E-state index >= 15 is 0 Å². The van der Waals surface area contributed by atoms with E-state index in [2.05, 4.69) is 10.5 Å². The van der Waals surface area contributed by atoms with Gasteiger partial charge in [0.25, 0.3) is 0 Å². The Labute approximate surface area is 189 Å². The Morgan fingerprint density at radius 1 is 0.939 bits per heavy atom. The van der Waals surface area contributed by atoms with Crippen molar-refractivity contribution in [2.24, 2.45) is 5.18 Å². The summed E-state index contributed by atoms with van der Waals surface area (Å²) in [6.07, 6.45) is 2.69. The van der Waals surface area contributed by atoms with Gasteiger partial charge in [0.2, 0.25) is 0 Å². The van der Waals surface area contributed by atoms with Crippen molar-refractivity contribution in [2.75, 3.05) is 5.32 Å². The smallest absolute Gasteiger partial charge is 0.258 e. The first kappa shape index (κ1) is 20.6. The van der Waals surface area contributed by atoms with Crippen LogP contribution in [0.2, 0.25) is 0 Å². The van der Waals surface area contributed by atoms with Crippen LogP contribution in [0.4, 0.5) is 15.9 Å². The maximum Gasteiger partial charge on any atom is 0.359 e.